The molecule has 0 radical (unpaired) electrons. The number of amides is 2. The van der Waals surface area contributed by atoms with Gasteiger partial charge in [0, 0.05) is 42.9 Å². The third-order valence-electron chi connectivity index (χ3n) is 8.75. The van der Waals surface area contributed by atoms with Gasteiger partial charge in [-0.1, -0.05) is 48.0 Å². The van der Waals surface area contributed by atoms with Crippen molar-refractivity contribution < 1.29 is 19.1 Å². The lowest BCUT2D eigenvalue weighted by Gasteiger charge is -2.46. The minimum Gasteiger partial charge on any atom is -0.493 e. The smallest absolute Gasteiger partial charge is 0.410 e. The molecule has 0 spiro atoms. The van der Waals surface area contributed by atoms with Crippen molar-refractivity contribution >= 4 is 34.4 Å². The largest absolute Gasteiger partial charge is 0.493 e. The molecule has 3 unspecified atom stereocenters. The van der Waals surface area contributed by atoms with E-state index in [1.807, 2.05) is 74.0 Å². The summed E-state index contributed by atoms with van der Waals surface area (Å²) in [5.41, 5.74) is 2.37. The van der Waals surface area contributed by atoms with Gasteiger partial charge in [-0.15, -0.1) is 0 Å². The predicted octanol–water partition coefficient (Wildman–Crippen LogP) is 7.70. The van der Waals surface area contributed by atoms with Crippen LogP contribution in [0.5, 0.6) is 5.75 Å². The maximum atomic E-state index is 14.1. The first-order valence-electron chi connectivity index (χ1n) is 14.6. The van der Waals surface area contributed by atoms with Crippen LogP contribution in [0, 0.1) is 0 Å². The normalized spacial score (nSPS) is 21.2. The van der Waals surface area contributed by atoms with Crippen molar-refractivity contribution in [1.29, 1.82) is 0 Å². The van der Waals surface area contributed by atoms with Crippen LogP contribution in [0.2, 0.25) is 5.02 Å². The summed E-state index contributed by atoms with van der Waals surface area (Å²) in [5.74, 6) is 0.990. The molecule has 2 aliphatic heterocycles. The van der Waals surface area contributed by atoms with E-state index in [2.05, 4.69) is 32.0 Å². The van der Waals surface area contributed by atoms with E-state index in [1.165, 1.54) is 5.56 Å². The zero-order valence-electron chi connectivity index (χ0n) is 25.0. The Morgan fingerprint density at radius 2 is 1.93 bits per heavy atom. The summed E-state index contributed by atoms with van der Waals surface area (Å²) in [5, 5.41) is 2.81. The van der Waals surface area contributed by atoms with Gasteiger partial charge in [-0.05, 0) is 93.1 Å². The summed E-state index contributed by atoms with van der Waals surface area (Å²) in [7, 11) is 1.88. The first-order chi connectivity index (χ1) is 19.4. The van der Waals surface area contributed by atoms with Gasteiger partial charge in [-0.3, -0.25) is 4.79 Å². The van der Waals surface area contributed by atoms with Gasteiger partial charge in [0.05, 0.1) is 12.6 Å². The SMILES string of the molecule is CC(c1cc(Cl)cc2ccccc12)N(C)C(=O)CC1(c2ccc3c(c2)CCO3)CCN(C(=O)OC(C)(C)C)C(C)C1. The molecule has 3 atom stereocenters. The van der Waals surface area contributed by atoms with E-state index in [1.54, 1.807) is 0 Å². The van der Waals surface area contributed by atoms with Crippen molar-refractivity contribution in [2.24, 2.45) is 0 Å². The van der Waals surface area contributed by atoms with Gasteiger partial charge in [-0.25, -0.2) is 4.79 Å². The van der Waals surface area contributed by atoms with Crippen LogP contribution in [-0.2, 0) is 21.4 Å². The van der Waals surface area contributed by atoms with Crippen LogP contribution in [0.25, 0.3) is 10.8 Å². The average Bonchev–Trinajstić information content (AvgIpc) is 3.39. The molecule has 3 aromatic carbocycles. The highest BCUT2D eigenvalue weighted by molar-refractivity contribution is 6.31. The molecule has 2 heterocycles. The van der Waals surface area contributed by atoms with Crippen molar-refractivity contribution in [1.82, 2.24) is 9.80 Å². The van der Waals surface area contributed by atoms with Crippen LogP contribution in [-0.4, -0.2) is 53.6 Å². The van der Waals surface area contributed by atoms with E-state index < -0.39 is 11.0 Å². The minimum atomic E-state index is -0.565. The number of hydrogen-bond donors (Lipinski definition) is 0. The molecule has 0 bridgehead atoms. The monoisotopic (exact) mass is 576 g/mol. The second-order valence-corrected chi connectivity index (χ2v) is 13.2. The fraction of sp³-hybridized carbons (Fsp3) is 0.471. The summed E-state index contributed by atoms with van der Waals surface area (Å²) >= 11 is 6.50. The first-order valence-corrected chi connectivity index (χ1v) is 14.9. The molecular formula is C34H41ClN2O4. The maximum Gasteiger partial charge on any atom is 0.410 e. The number of rotatable bonds is 5. The molecule has 2 aliphatic rings. The van der Waals surface area contributed by atoms with Crippen molar-refractivity contribution in [3.05, 3.63) is 76.3 Å². The van der Waals surface area contributed by atoms with Crippen LogP contribution in [0.3, 0.4) is 0 Å². The van der Waals surface area contributed by atoms with Gasteiger partial charge in [0.2, 0.25) is 5.91 Å². The topological polar surface area (TPSA) is 59.1 Å². The third-order valence-corrected chi connectivity index (χ3v) is 8.97. The van der Waals surface area contributed by atoms with E-state index in [0.29, 0.717) is 37.4 Å². The average molecular weight is 577 g/mol. The highest BCUT2D eigenvalue weighted by atomic mass is 35.5. The van der Waals surface area contributed by atoms with Gasteiger partial charge >= 0.3 is 6.09 Å². The van der Waals surface area contributed by atoms with Gasteiger partial charge in [0.15, 0.2) is 0 Å². The van der Waals surface area contributed by atoms with Gasteiger partial charge in [0.25, 0.3) is 0 Å². The number of likely N-dealkylation sites (tertiary alicyclic amines) is 1. The van der Waals surface area contributed by atoms with Gasteiger partial charge in [0.1, 0.15) is 11.4 Å². The van der Waals surface area contributed by atoms with E-state index in [-0.39, 0.29) is 24.1 Å². The Morgan fingerprint density at radius 1 is 1.17 bits per heavy atom. The molecule has 2 amide bonds. The number of halogens is 1. The summed E-state index contributed by atoms with van der Waals surface area (Å²) in [6.07, 6.45) is 2.25. The Hall–Kier alpha value is -3.25. The second-order valence-electron chi connectivity index (χ2n) is 12.8. The van der Waals surface area contributed by atoms with E-state index in [0.717, 1.165) is 34.1 Å². The number of benzene rings is 3. The van der Waals surface area contributed by atoms with Crippen LogP contribution in [0.1, 0.15) is 76.6 Å². The van der Waals surface area contributed by atoms with Crippen molar-refractivity contribution in [3.63, 3.8) is 0 Å². The molecular weight excluding hydrogens is 536 g/mol. The van der Waals surface area contributed by atoms with Gasteiger partial charge < -0.3 is 19.3 Å². The fourth-order valence-corrected chi connectivity index (χ4v) is 6.69. The Bertz CT molecular complexity index is 1460. The maximum absolute atomic E-state index is 14.1. The van der Waals surface area contributed by atoms with E-state index in [4.69, 9.17) is 21.1 Å². The minimum absolute atomic E-state index is 0.0659. The number of piperidine rings is 1. The summed E-state index contributed by atoms with van der Waals surface area (Å²) in [4.78, 5) is 30.8. The molecule has 0 aliphatic carbocycles. The van der Waals surface area contributed by atoms with Crippen molar-refractivity contribution in [3.8, 4) is 5.75 Å². The lowest BCUT2D eigenvalue weighted by Crippen LogP contribution is -2.52. The van der Waals surface area contributed by atoms with Gasteiger partial charge in [-0.2, -0.15) is 0 Å². The highest BCUT2D eigenvalue weighted by Crippen LogP contribution is 2.44. The number of carbonyl (C=O) groups excluding carboxylic acids is 2. The zero-order valence-corrected chi connectivity index (χ0v) is 25.8. The summed E-state index contributed by atoms with van der Waals surface area (Å²) < 4.78 is 11.5. The van der Waals surface area contributed by atoms with Crippen LogP contribution in [0.4, 0.5) is 4.79 Å². The molecule has 5 rings (SSSR count). The Labute approximate surface area is 248 Å². The number of carbonyl (C=O) groups is 2. The molecule has 41 heavy (non-hydrogen) atoms. The lowest BCUT2D eigenvalue weighted by atomic mass is 9.67. The number of fused-ring (bicyclic) bond motifs is 2. The van der Waals surface area contributed by atoms with E-state index >= 15 is 0 Å². The van der Waals surface area contributed by atoms with Crippen LogP contribution in [0.15, 0.2) is 54.6 Å². The van der Waals surface area contributed by atoms with Crippen LogP contribution >= 0.6 is 11.6 Å². The molecule has 218 valence electrons. The number of ether oxygens (including phenoxy) is 2. The fourth-order valence-electron chi connectivity index (χ4n) is 6.45. The molecule has 0 saturated carbocycles. The summed E-state index contributed by atoms with van der Waals surface area (Å²) in [6.45, 7) is 11.0. The number of nitrogens with zero attached hydrogens (tertiary/aromatic N) is 2. The van der Waals surface area contributed by atoms with E-state index in [9.17, 15) is 9.59 Å². The Balaban J connectivity index is 1.44. The molecule has 0 aromatic heterocycles. The number of hydrogen-bond acceptors (Lipinski definition) is 4. The van der Waals surface area contributed by atoms with Crippen LogP contribution < -0.4 is 4.74 Å². The molecule has 7 heteroatoms. The first kappa shape index (κ1) is 29.2. The summed E-state index contributed by atoms with van der Waals surface area (Å²) in [6, 6.07) is 18.2. The predicted molar refractivity (Wildman–Crippen MR) is 164 cm³/mol. The van der Waals surface area contributed by atoms with Crippen molar-refractivity contribution in [2.45, 2.75) is 83.4 Å². The Kier molecular flexibility index (Phi) is 7.99. The zero-order chi connectivity index (χ0) is 29.5. The highest BCUT2D eigenvalue weighted by Gasteiger charge is 2.44. The molecule has 0 N–H and O–H groups in total. The molecule has 1 fully saturated rings. The second kappa shape index (κ2) is 11.2. The molecule has 3 aromatic rings. The van der Waals surface area contributed by atoms with Crippen molar-refractivity contribution in [2.75, 3.05) is 20.2 Å². The molecule has 6 nitrogen and oxygen atoms in total. The molecule has 1 saturated heterocycles. The lowest BCUT2D eigenvalue weighted by molar-refractivity contribution is -0.133. The quantitative estimate of drug-likeness (QED) is 0.312. The Morgan fingerprint density at radius 3 is 2.66 bits per heavy atom. The standard InChI is InChI=1S/C34H41ClN2O4/c1-22-20-34(14-15-37(22)32(39)41-33(3,4)5,26-11-12-30-25(17-26)13-16-40-30)21-31(38)36(6)23(2)29-19-27(35)18-24-9-7-8-10-28(24)29/h7-12,17-19,22-23H,13-16,20-21H2,1-6H3. The third kappa shape index (κ3) is 6.04.